The lowest BCUT2D eigenvalue weighted by molar-refractivity contribution is -0.176. The van der Waals surface area contributed by atoms with Gasteiger partial charge in [0.25, 0.3) is 5.91 Å². The van der Waals surface area contributed by atoms with Crippen molar-refractivity contribution in [1.82, 2.24) is 5.32 Å². The second kappa shape index (κ2) is 7.56. The number of esters is 1. The molecule has 0 radical (unpaired) electrons. The molecule has 0 saturated heterocycles. The van der Waals surface area contributed by atoms with Gasteiger partial charge in [0.1, 0.15) is 0 Å². The van der Waals surface area contributed by atoms with Gasteiger partial charge in [0.05, 0.1) is 16.1 Å². The van der Waals surface area contributed by atoms with Gasteiger partial charge in [-0.2, -0.15) is 0 Å². The second-order valence-corrected chi connectivity index (χ2v) is 10.2. The van der Waals surface area contributed by atoms with Crippen molar-refractivity contribution in [2.75, 3.05) is 11.9 Å². The summed E-state index contributed by atoms with van der Waals surface area (Å²) < 4.78 is 5.51. The summed E-state index contributed by atoms with van der Waals surface area (Å²) in [6.07, 6.45) is 5.16. The first-order valence-electron chi connectivity index (χ1n) is 10.6. The lowest BCUT2D eigenvalue weighted by Gasteiger charge is -2.60. The molecular formula is C23H29ClN2O4. The number of ether oxygens (including phenoxy) is 1. The van der Waals surface area contributed by atoms with Crippen LogP contribution in [-0.4, -0.2) is 29.9 Å². The average Bonchev–Trinajstić information content (AvgIpc) is 2.60. The van der Waals surface area contributed by atoms with E-state index in [0.717, 1.165) is 43.2 Å². The van der Waals surface area contributed by atoms with Crippen molar-refractivity contribution in [2.24, 2.45) is 17.3 Å². The number of nitrogens with one attached hydrogen (secondary N) is 2. The van der Waals surface area contributed by atoms with Crippen molar-refractivity contribution in [1.29, 1.82) is 0 Å². The van der Waals surface area contributed by atoms with Gasteiger partial charge in [0, 0.05) is 12.5 Å². The Bertz CT molecular complexity index is 875. The highest BCUT2D eigenvalue weighted by atomic mass is 35.5. The van der Waals surface area contributed by atoms with Crippen molar-refractivity contribution in [3.8, 4) is 0 Å². The van der Waals surface area contributed by atoms with E-state index < -0.39 is 11.3 Å². The minimum absolute atomic E-state index is 0.0507. The Morgan fingerprint density at radius 3 is 2.40 bits per heavy atom. The molecule has 2 unspecified atom stereocenters. The van der Waals surface area contributed by atoms with E-state index in [4.69, 9.17) is 16.3 Å². The number of hydrogen-bond donors (Lipinski definition) is 2. The largest absolute Gasteiger partial charge is 0.455 e. The van der Waals surface area contributed by atoms with Crippen molar-refractivity contribution in [3.63, 3.8) is 0 Å². The fourth-order valence-electron chi connectivity index (χ4n) is 6.55. The zero-order valence-corrected chi connectivity index (χ0v) is 18.5. The molecule has 4 aliphatic carbocycles. The van der Waals surface area contributed by atoms with Gasteiger partial charge < -0.3 is 15.4 Å². The number of benzene rings is 1. The van der Waals surface area contributed by atoms with Gasteiger partial charge in [-0.1, -0.05) is 17.7 Å². The molecule has 4 saturated carbocycles. The molecule has 0 heterocycles. The normalized spacial score (nSPS) is 31.3. The average molecular weight is 433 g/mol. The Kier molecular flexibility index (Phi) is 5.33. The molecule has 0 aliphatic heterocycles. The van der Waals surface area contributed by atoms with Crippen LogP contribution in [0, 0.1) is 31.1 Å². The Balaban J connectivity index is 1.42. The van der Waals surface area contributed by atoms with Crippen molar-refractivity contribution in [2.45, 2.75) is 64.8 Å². The van der Waals surface area contributed by atoms with Crippen LogP contribution in [0.4, 0.5) is 5.69 Å². The third-order valence-corrected chi connectivity index (χ3v) is 7.26. The van der Waals surface area contributed by atoms with E-state index in [1.54, 1.807) is 6.07 Å². The molecular weight excluding hydrogens is 404 g/mol. The number of carbonyl (C=O) groups excluding carboxylic acids is 3. The number of hydrogen-bond acceptors (Lipinski definition) is 4. The van der Waals surface area contributed by atoms with E-state index in [1.807, 2.05) is 19.9 Å². The molecule has 4 bridgehead atoms. The van der Waals surface area contributed by atoms with Crippen LogP contribution < -0.4 is 10.6 Å². The number of aryl methyl sites for hydroxylation is 2. The zero-order valence-electron chi connectivity index (χ0n) is 17.8. The first-order chi connectivity index (χ1) is 14.1. The minimum atomic E-state index is -0.593. The van der Waals surface area contributed by atoms with Crippen LogP contribution in [0.25, 0.3) is 0 Å². The molecule has 4 aliphatic rings. The summed E-state index contributed by atoms with van der Waals surface area (Å²) in [5, 5.41) is 6.37. The van der Waals surface area contributed by atoms with Gasteiger partial charge in [0.2, 0.25) is 5.91 Å². The summed E-state index contributed by atoms with van der Waals surface area (Å²) in [6.45, 7) is 5.00. The first kappa shape index (κ1) is 21.2. The molecule has 30 heavy (non-hydrogen) atoms. The molecule has 4 atom stereocenters. The molecule has 162 valence electrons. The Hall–Kier alpha value is -2.08. The van der Waals surface area contributed by atoms with Gasteiger partial charge in [0.15, 0.2) is 6.61 Å². The molecule has 6 nitrogen and oxygen atoms in total. The number of carbonyl (C=O) groups is 3. The molecule has 4 fully saturated rings. The SMILES string of the molecule is CC(=O)NC12C[C@H]3C[C@@H](C1)CC(C(=O)OCC(=O)Nc1c(C)cc(C)cc1Cl)(C3)C2. The molecule has 1 aromatic carbocycles. The minimum Gasteiger partial charge on any atom is -0.455 e. The monoisotopic (exact) mass is 432 g/mol. The molecule has 2 amide bonds. The molecule has 0 spiro atoms. The maximum atomic E-state index is 13.1. The smallest absolute Gasteiger partial charge is 0.312 e. The predicted octanol–water partition coefficient (Wildman–Crippen LogP) is 3.91. The second-order valence-electron chi connectivity index (χ2n) is 9.77. The van der Waals surface area contributed by atoms with Crippen molar-refractivity contribution in [3.05, 3.63) is 28.3 Å². The summed E-state index contributed by atoms with van der Waals surface area (Å²) in [5.41, 5.74) is 1.52. The van der Waals surface area contributed by atoms with Crippen LogP contribution in [0.3, 0.4) is 0 Å². The summed E-state index contributed by atoms with van der Waals surface area (Å²) in [7, 11) is 0. The van der Waals surface area contributed by atoms with Crippen LogP contribution >= 0.6 is 11.6 Å². The summed E-state index contributed by atoms with van der Waals surface area (Å²) in [5.74, 6) is 0.0823. The van der Waals surface area contributed by atoms with Crippen LogP contribution in [0.5, 0.6) is 0 Å². The predicted molar refractivity (Wildman–Crippen MR) is 114 cm³/mol. The maximum absolute atomic E-state index is 13.1. The lowest BCUT2D eigenvalue weighted by atomic mass is 9.47. The highest BCUT2D eigenvalue weighted by Gasteiger charge is 2.61. The lowest BCUT2D eigenvalue weighted by Crippen LogP contribution is -2.64. The Morgan fingerprint density at radius 2 is 1.80 bits per heavy atom. The van der Waals surface area contributed by atoms with E-state index >= 15 is 0 Å². The summed E-state index contributed by atoms with van der Waals surface area (Å²) in [6, 6.07) is 3.72. The van der Waals surface area contributed by atoms with Gasteiger partial charge in [-0.05, 0) is 81.4 Å². The number of amides is 2. The van der Waals surface area contributed by atoms with Gasteiger partial charge in [-0.15, -0.1) is 0 Å². The molecule has 0 aromatic heterocycles. The molecule has 2 N–H and O–H groups in total. The maximum Gasteiger partial charge on any atom is 0.312 e. The van der Waals surface area contributed by atoms with Gasteiger partial charge in [-0.25, -0.2) is 0 Å². The molecule has 1 aromatic rings. The van der Waals surface area contributed by atoms with E-state index in [9.17, 15) is 14.4 Å². The summed E-state index contributed by atoms with van der Waals surface area (Å²) in [4.78, 5) is 37.3. The van der Waals surface area contributed by atoms with Crippen LogP contribution in [0.15, 0.2) is 12.1 Å². The van der Waals surface area contributed by atoms with E-state index in [-0.39, 0.29) is 24.0 Å². The topological polar surface area (TPSA) is 84.5 Å². The van der Waals surface area contributed by atoms with Crippen LogP contribution in [0.2, 0.25) is 5.02 Å². The fraction of sp³-hybridized carbons (Fsp3) is 0.609. The number of anilines is 1. The number of halogens is 1. The van der Waals surface area contributed by atoms with E-state index in [1.165, 1.54) is 6.92 Å². The molecule has 5 rings (SSSR count). The van der Waals surface area contributed by atoms with E-state index in [2.05, 4.69) is 10.6 Å². The highest BCUT2D eigenvalue weighted by molar-refractivity contribution is 6.34. The van der Waals surface area contributed by atoms with E-state index in [0.29, 0.717) is 29.0 Å². The standard InChI is InChI=1S/C23H29ClN2O4/c1-13-4-14(2)20(18(24)5-13)25-19(28)11-30-21(29)22-7-16-6-17(8-22)10-23(9-16,12-22)26-15(3)27/h4-5,16-17H,6-12H2,1-3H3,(H,25,28)(H,26,27)/t16-,17+,22?,23?. The van der Waals surface area contributed by atoms with Crippen molar-refractivity contribution >= 4 is 35.1 Å². The summed E-state index contributed by atoms with van der Waals surface area (Å²) >= 11 is 6.25. The third-order valence-electron chi connectivity index (χ3n) is 6.97. The van der Waals surface area contributed by atoms with Crippen LogP contribution in [-0.2, 0) is 19.1 Å². The highest BCUT2D eigenvalue weighted by Crippen LogP contribution is 2.62. The Labute approximate surface area is 182 Å². The fourth-order valence-corrected chi connectivity index (χ4v) is 6.92. The quantitative estimate of drug-likeness (QED) is 0.691. The first-order valence-corrected chi connectivity index (χ1v) is 11.0. The van der Waals surface area contributed by atoms with Gasteiger partial charge in [-0.3, -0.25) is 14.4 Å². The zero-order chi connectivity index (χ0) is 21.7. The number of rotatable bonds is 5. The van der Waals surface area contributed by atoms with Crippen LogP contribution in [0.1, 0.15) is 56.6 Å². The molecule has 7 heteroatoms. The van der Waals surface area contributed by atoms with Gasteiger partial charge >= 0.3 is 5.97 Å². The van der Waals surface area contributed by atoms with Crippen molar-refractivity contribution < 1.29 is 19.1 Å². The Morgan fingerprint density at radius 1 is 1.13 bits per heavy atom. The third kappa shape index (κ3) is 3.94.